The third-order valence-electron chi connectivity index (χ3n) is 3.21. The number of hydrogen-bond acceptors (Lipinski definition) is 5. The van der Waals surface area contributed by atoms with Crippen molar-refractivity contribution in [2.45, 2.75) is 40.3 Å². The molecule has 0 aliphatic carbocycles. The summed E-state index contributed by atoms with van der Waals surface area (Å²) in [5.74, 6) is 1.61. The van der Waals surface area contributed by atoms with Crippen molar-refractivity contribution < 1.29 is 4.52 Å². The summed E-state index contributed by atoms with van der Waals surface area (Å²) >= 11 is 0. The SMILES string of the molecule is CCCNCc1cc(CN(CCN(C)C)CC(C)C)on1. The van der Waals surface area contributed by atoms with Crippen molar-refractivity contribution in [1.82, 2.24) is 20.3 Å². The molecule has 1 aromatic heterocycles. The summed E-state index contributed by atoms with van der Waals surface area (Å²) in [7, 11) is 4.22. The molecule has 0 aliphatic heterocycles. The normalized spacial score (nSPS) is 12.0. The highest BCUT2D eigenvalue weighted by Crippen LogP contribution is 2.09. The minimum Gasteiger partial charge on any atom is -0.360 e. The van der Waals surface area contributed by atoms with Crippen molar-refractivity contribution in [3.8, 4) is 0 Å². The molecule has 21 heavy (non-hydrogen) atoms. The molecule has 5 nitrogen and oxygen atoms in total. The first-order chi connectivity index (χ1) is 10.0. The van der Waals surface area contributed by atoms with Gasteiger partial charge in [-0.05, 0) is 33.0 Å². The Bertz CT molecular complexity index is 376. The van der Waals surface area contributed by atoms with E-state index < -0.39 is 0 Å². The summed E-state index contributed by atoms with van der Waals surface area (Å²) in [5, 5.41) is 7.49. The van der Waals surface area contributed by atoms with Crippen LogP contribution in [0.2, 0.25) is 0 Å². The Morgan fingerprint density at radius 2 is 2.05 bits per heavy atom. The van der Waals surface area contributed by atoms with E-state index in [0.717, 1.165) is 57.1 Å². The minimum atomic E-state index is 0.653. The fourth-order valence-corrected chi connectivity index (χ4v) is 2.22. The van der Waals surface area contributed by atoms with Crippen LogP contribution in [0.15, 0.2) is 10.6 Å². The third-order valence-corrected chi connectivity index (χ3v) is 3.21. The van der Waals surface area contributed by atoms with Gasteiger partial charge in [-0.1, -0.05) is 25.9 Å². The Kier molecular flexibility index (Phi) is 8.57. The number of hydrogen-bond donors (Lipinski definition) is 1. The van der Waals surface area contributed by atoms with Crippen molar-refractivity contribution in [3.05, 3.63) is 17.5 Å². The number of likely N-dealkylation sites (N-methyl/N-ethyl adjacent to an activating group) is 1. The maximum absolute atomic E-state index is 5.47. The fraction of sp³-hybridized carbons (Fsp3) is 0.812. The van der Waals surface area contributed by atoms with Gasteiger partial charge < -0.3 is 14.7 Å². The van der Waals surface area contributed by atoms with Crippen molar-refractivity contribution in [3.63, 3.8) is 0 Å². The van der Waals surface area contributed by atoms with Crippen molar-refractivity contribution in [2.75, 3.05) is 40.3 Å². The minimum absolute atomic E-state index is 0.653. The van der Waals surface area contributed by atoms with Gasteiger partial charge >= 0.3 is 0 Å². The van der Waals surface area contributed by atoms with Crippen LogP contribution in [0.3, 0.4) is 0 Å². The lowest BCUT2D eigenvalue weighted by atomic mass is 10.2. The molecule has 0 aromatic carbocycles. The van der Waals surface area contributed by atoms with Gasteiger partial charge in [-0.15, -0.1) is 0 Å². The highest BCUT2D eigenvalue weighted by molar-refractivity contribution is 5.05. The average molecular weight is 296 g/mol. The lowest BCUT2D eigenvalue weighted by Gasteiger charge is -2.24. The summed E-state index contributed by atoms with van der Waals surface area (Å²) in [6.45, 7) is 12.5. The van der Waals surface area contributed by atoms with Gasteiger partial charge in [0.2, 0.25) is 0 Å². The van der Waals surface area contributed by atoms with Gasteiger partial charge in [0.25, 0.3) is 0 Å². The summed E-state index contributed by atoms with van der Waals surface area (Å²) in [6.07, 6.45) is 1.14. The molecule has 122 valence electrons. The Morgan fingerprint density at radius 3 is 2.67 bits per heavy atom. The van der Waals surface area contributed by atoms with Gasteiger partial charge in [-0.3, -0.25) is 4.90 Å². The largest absolute Gasteiger partial charge is 0.360 e. The lowest BCUT2D eigenvalue weighted by molar-refractivity contribution is 0.191. The second kappa shape index (κ2) is 9.92. The van der Waals surface area contributed by atoms with Gasteiger partial charge in [-0.25, -0.2) is 0 Å². The van der Waals surface area contributed by atoms with Gasteiger partial charge in [0.15, 0.2) is 5.76 Å². The zero-order valence-corrected chi connectivity index (χ0v) is 14.4. The van der Waals surface area contributed by atoms with E-state index in [1.54, 1.807) is 0 Å². The van der Waals surface area contributed by atoms with Crippen LogP contribution in [0.5, 0.6) is 0 Å². The molecule has 0 aliphatic rings. The van der Waals surface area contributed by atoms with Crippen LogP contribution in [0, 0.1) is 5.92 Å². The molecule has 0 spiro atoms. The van der Waals surface area contributed by atoms with Crippen molar-refractivity contribution in [2.24, 2.45) is 5.92 Å². The Balaban J connectivity index is 2.48. The van der Waals surface area contributed by atoms with E-state index in [2.05, 4.69) is 61.2 Å². The number of aromatic nitrogens is 1. The monoisotopic (exact) mass is 296 g/mol. The first-order valence-electron chi connectivity index (χ1n) is 8.03. The number of rotatable bonds is 11. The molecule has 0 saturated carbocycles. The number of nitrogens with zero attached hydrogens (tertiary/aromatic N) is 3. The van der Waals surface area contributed by atoms with Gasteiger partial charge in [-0.2, -0.15) is 0 Å². The second-order valence-electron chi connectivity index (χ2n) is 6.39. The number of nitrogens with one attached hydrogen (secondary N) is 1. The molecule has 0 bridgehead atoms. The van der Waals surface area contributed by atoms with Gasteiger partial charge in [0.1, 0.15) is 0 Å². The van der Waals surface area contributed by atoms with E-state index in [1.807, 2.05) is 0 Å². The molecule has 1 heterocycles. The standard InChI is InChI=1S/C16H32N4O/c1-6-7-17-11-15-10-16(21-18-15)13-20(12-14(2)3)9-8-19(4)5/h10,14,17H,6-9,11-13H2,1-5H3. The molecule has 0 radical (unpaired) electrons. The van der Waals surface area contributed by atoms with Gasteiger partial charge in [0, 0.05) is 32.2 Å². The fourth-order valence-electron chi connectivity index (χ4n) is 2.22. The van der Waals surface area contributed by atoms with E-state index in [1.165, 1.54) is 0 Å². The highest BCUT2D eigenvalue weighted by atomic mass is 16.5. The highest BCUT2D eigenvalue weighted by Gasteiger charge is 2.12. The predicted octanol–water partition coefficient (Wildman–Crippen LogP) is 2.19. The topological polar surface area (TPSA) is 44.5 Å². The molecule has 0 fully saturated rings. The van der Waals surface area contributed by atoms with Crippen LogP contribution in [0.4, 0.5) is 0 Å². The first kappa shape index (κ1) is 18.1. The maximum atomic E-state index is 5.47. The molecule has 0 saturated heterocycles. The van der Waals surface area contributed by atoms with E-state index >= 15 is 0 Å². The summed E-state index contributed by atoms with van der Waals surface area (Å²) in [4.78, 5) is 4.66. The quantitative estimate of drug-likeness (QED) is 0.634. The van der Waals surface area contributed by atoms with Crippen LogP contribution in [0.1, 0.15) is 38.6 Å². The molecule has 1 N–H and O–H groups in total. The third kappa shape index (κ3) is 8.19. The second-order valence-corrected chi connectivity index (χ2v) is 6.39. The van der Waals surface area contributed by atoms with Crippen molar-refractivity contribution >= 4 is 0 Å². The van der Waals surface area contributed by atoms with E-state index in [0.29, 0.717) is 5.92 Å². The van der Waals surface area contributed by atoms with E-state index in [-0.39, 0.29) is 0 Å². The van der Waals surface area contributed by atoms with Crippen LogP contribution in [0.25, 0.3) is 0 Å². The first-order valence-corrected chi connectivity index (χ1v) is 8.03. The average Bonchev–Trinajstić information content (AvgIpc) is 2.83. The van der Waals surface area contributed by atoms with Crippen LogP contribution < -0.4 is 5.32 Å². The summed E-state index contributed by atoms with van der Waals surface area (Å²) in [5.41, 5.74) is 0.996. The maximum Gasteiger partial charge on any atom is 0.151 e. The van der Waals surface area contributed by atoms with Crippen LogP contribution in [-0.2, 0) is 13.1 Å². The summed E-state index contributed by atoms with van der Waals surface area (Å²) < 4.78 is 5.47. The smallest absolute Gasteiger partial charge is 0.151 e. The lowest BCUT2D eigenvalue weighted by Crippen LogP contribution is -2.33. The molecule has 5 heteroatoms. The van der Waals surface area contributed by atoms with E-state index in [9.17, 15) is 0 Å². The molecular weight excluding hydrogens is 264 g/mol. The zero-order valence-electron chi connectivity index (χ0n) is 14.4. The molecular formula is C16H32N4O. The zero-order chi connectivity index (χ0) is 15.7. The predicted molar refractivity (Wildman–Crippen MR) is 87.2 cm³/mol. The molecule has 0 amide bonds. The van der Waals surface area contributed by atoms with Crippen molar-refractivity contribution in [1.29, 1.82) is 0 Å². The molecule has 0 unspecified atom stereocenters. The van der Waals surface area contributed by atoms with Gasteiger partial charge in [0.05, 0.1) is 12.2 Å². The Hall–Kier alpha value is -0.910. The van der Waals surface area contributed by atoms with Crippen LogP contribution in [-0.4, -0.2) is 55.2 Å². The molecule has 1 rings (SSSR count). The molecule has 1 aromatic rings. The summed E-state index contributed by atoms with van der Waals surface area (Å²) in [6, 6.07) is 2.08. The Labute approximate surface area is 129 Å². The van der Waals surface area contributed by atoms with Crippen LogP contribution >= 0.6 is 0 Å². The Morgan fingerprint density at radius 1 is 1.29 bits per heavy atom. The van der Waals surface area contributed by atoms with E-state index in [4.69, 9.17) is 4.52 Å². The molecule has 0 atom stereocenters.